The predicted molar refractivity (Wildman–Crippen MR) is 140 cm³/mol. The van der Waals surface area contributed by atoms with Crippen LogP contribution in [0, 0.1) is 22.0 Å². The van der Waals surface area contributed by atoms with Gasteiger partial charge in [-0.1, -0.05) is 6.92 Å². The first-order chi connectivity index (χ1) is 19.4. The van der Waals surface area contributed by atoms with Gasteiger partial charge in [-0.05, 0) is 31.0 Å². The van der Waals surface area contributed by atoms with Crippen molar-refractivity contribution in [3.63, 3.8) is 0 Å². The number of nitro benzene ring substituents is 1. The van der Waals surface area contributed by atoms with Gasteiger partial charge >= 0.3 is 18.1 Å². The largest absolute Gasteiger partial charge is 0.477 e. The Balaban J connectivity index is 1.35. The topological polar surface area (TPSA) is 209 Å². The molecule has 1 aromatic carbocycles. The maximum absolute atomic E-state index is 13.2. The van der Waals surface area contributed by atoms with Crippen LogP contribution in [0.1, 0.15) is 25.8 Å². The van der Waals surface area contributed by atoms with Crippen molar-refractivity contribution in [3.05, 3.63) is 50.5 Å². The minimum absolute atomic E-state index is 0.0512. The molecule has 41 heavy (non-hydrogen) atoms. The lowest BCUT2D eigenvalue weighted by Crippen LogP contribution is -2.63. The summed E-state index contributed by atoms with van der Waals surface area (Å²) < 4.78 is 5.44. The fourth-order valence-electron chi connectivity index (χ4n) is 5.94. The zero-order valence-electron chi connectivity index (χ0n) is 21.9. The lowest BCUT2D eigenvalue weighted by atomic mass is 9.79. The molecular weight excluding hydrogens is 562 g/mol. The number of carboxylic acid groups (broad SMARTS) is 1. The van der Waals surface area contributed by atoms with E-state index in [0.717, 1.165) is 0 Å². The van der Waals surface area contributed by atoms with Crippen molar-refractivity contribution >= 4 is 47.4 Å². The molecule has 0 bridgehead atoms. The first kappa shape index (κ1) is 28.4. The number of urea groups is 1. The second kappa shape index (κ2) is 10.7. The van der Waals surface area contributed by atoms with E-state index in [0.29, 0.717) is 10.5 Å². The van der Waals surface area contributed by atoms with Gasteiger partial charge in [0.05, 0.1) is 29.0 Å². The van der Waals surface area contributed by atoms with Gasteiger partial charge in [-0.25, -0.2) is 14.4 Å². The molecule has 0 radical (unpaired) electrons. The van der Waals surface area contributed by atoms with Crippen LogP contribution in [0.15, 0.2) is 34.9 Å². The molecule has 4 heterocycles. The van der Waals surface area contributed by atoms with Crippen LogP contribution in [0.5, 0.6) is 0 Å². The predicted octanol–water partition coefficient (Wildman–Crippen LogP) is 0.769. The summed E-state index contributed by atoms with van der Waals surface area (Å²) >= 11 is 1.19. The summed E-state index contributed by atoms with van der Waals surface area (Å²) in [5.41, 5.74) is 0.220. The smallest absolute Gasteiger partial charge is 0.410 e. The summed E-state index contributed by atoms with van der Waals surface area (Å²) in [5, 5.41) is 35.2. The molecule has 16 heteroatoms. The van der Waals surface area contributed by atoms with E-state index in [9.17, 15) is 44.3 Å². The van der Waals surface area contributed by atoms with Gasteiger partial charge in [0, 0.05) is 34.8 Å². The van der Waals surface area contributed by atoms with Crippen molar-refractivity contribution in [3.8, 4) is 0 Å². The third-order valence-corrected chi connectivity index (χ3v) is 9.34. The summed E-state index contributed by atoms with van der Waals surface area (Å²) in [6.07, 6.45) is -1.53. The molecule has 5 rings (SSSR count). The van der Waals surface area contributed by atoms with E-state index in [-0.39, 0.29) is 36.9 Å². The highest BCUT2D eigenvalue weighted by molar-refractivity contribution is 8.03. The number of aliphatic hydroxyl groups is 1. The van der Waals surface area contributed by atoms with Gasteiger partial charge in [-0.2, -0.15) is 0 Å². The van der Waals surface area contributed by atoms with Crippen molar-refractivity contribution in [2.45, 2.75) is 56.4 Å². The molecule has 3 saturated heterocycles. The maximum atomic E-state index is 13.2. The molecule has 1 aromatic rings. The molecule has 1 unspecified atom stereocenters. The summed E-state index contributed by atoms with van der Waals surface area (Å²) in [7, 11) is 0. The molecule has 4 aliphatic heterocycles. The molecule has 7 atom stereocenters. The Bertz CT molecular complexity index is 1360. The van der Waals surface area contributed by atoms with Crippen molar-refractivity contribution in [1.29, 1.82) is 0 Å². The first-order valence-corrected chi connectivity index (χ1v) is 13.7. The number of aliphatic hydroxyl groups excluding tert-OH is 1. The Kier molecular flexibility index (Phi) is 7.37. The van der Waals surface area contributed by atoms with Gasteiger partial charge < -0.3 is 30.1 Å². The summed E-state index contributed by atoms with van der Waals surface area (Å²) in [5.74, 6) is -3.48. The Morgan fingerprint density at radius 1 is 1.24 bits per heavy atom. The monoisotopic (exact) mass is 589 g/mol. The minimum Gasteiger partial charge on any atom is -0.477 e. The van der Waals surface area contributed by atoms with Gasteiger partial charge in [-0.3, -0.25) is 25.0 Å². The number of carbonyl (C=O) groups excluding carboxylic acids is 4. The highest BCUT2D eigenvalue weighted by Crippen LogP contribution is 2.52. The number of amides is 5. The van der Waals surface area contributed by atoms with E-state index >= 15 is 0 Å². The number of carboxylic acids is 1. The number of non-ortho nitro benzene ring substituents is 1. The van der Waals surface area contributed by atoms with E-state index < -0.39 is 70.2 Å². The second-order valence-corrected chi connectivity index (χ2v) is 11.7. The fourth-order valence-corrected chi connectivity index (χ4v) is 7.48. The molecule has 0 aliphatic carbocycles. The SMILES string of the molecule is C[C@@H](O)[C@H]1C(=O)N2C(C(=O)O)=C(S[C@H]3C[C@@H](C4NC(=O)NC4=O)N(C(=O)OCc4ccc([N+](=O)[O-])cc4)C3)[C@H](C)[C@H]12. The Hall–Kier alpha value is -4.18. The molecule has 4 aliphatic rings. The minimum atomic E-state index is -1.28. The molecule has 15 nitrogen and oxygen atoms in total. The highest BCUT2D eigenvalue weighted by atomic mass is 32.2. The van der Waals surface area contributed by atoms with Gasteiger partial charge in [0.1, 0.15) is 18.3 Å². The number of fused-ring (bicyclic) bond motifs is 1. The number of benzene rings is 1. The van der Waals surface area contributed by atoms with Gasteiger partial charge in [0.25, 0.3) is 11.6 Å². The lowest BCUT2D eigenvalue weighted by molar-refractivity contribution is -0.384. The average Bonchev–Trinajstić information content (AvgIpc) is 3.55. The van der Waals surface area contributed by atoms with Crippen LogP contribution in [0.3, 0.4) is 0 Å². The summed E-state index contributed by atoms with van der Waals surface area (Å²) in [6, 6.07) is 2.37. The van der Waals surface area contributed by atoms with Gasteiger partial charge in [-0.15, -0.1) is 11.8 Å². The Morgan fingerprint density at radius 3 is 2.49 bits per heavy atom. The lowest BCUT2D eigenvalue weighted by Gasteiger charge is -2.46. The van der Waals surface area contributed by atoms with Crippen LogP contribution in [-0.4, -0.2) is 90.9 Å². The van der Waals surface area contributed by atoms with E-state index in [1.54, 1.807) is 6.92 Å². The zero-order chi connectivity index (χ0) is 29.7. The average molecular weight is 590 g/mol. The molecule has 218 valence electrons. The van der Waals surface area contributed by atoms with E-state index in [4.69, 9.17) is 4.74 Å². The van der Waals surface area contributed by atoms with Gasteiger partial charge in [0.2, 0.25) is 5.91 Å². The fraction of sp³-hybridized carbons (Fsp3) is 0.480. The zero-order valence-corrected chi connectivity index (χ0v) is 22.7. The van der Waals surface area contributed by atoms with Crippen LogP contribution in [0.25, 0.3) is 0 Å². The number of β-lactam (4-membered cyclic amide) rings is 1. The number of nitrogens with one attached hydrogen (secondary N) is 2. The Labute approximate surface area is 237 Å². The third-order valence-electron chi connectivity index (χ3n) is 7.84. The number of aliphatic carboxylic acids is 1. The third kappa shape index (κ3) is 4.97. The Morgan fingerprint density at radius 2 is 1.93 bits per heavy atom. The number of ether oxygens (including phenoxy) is 1. The van der Waals surface area contributed by atoms with Crippen LogP contribution in [-0.2, 0) is 25.7 Å². The van der Waals surface area contributed by atoms with E-state index in [1.165, 1.54) is 52.8 Å². The standard InChI is InChI=1S/C25H27N5O10S/c1-10-18-16(11(2)31)22(33)29(18)19(23(34)35)20(10)41-14-7-15(17-21(32)27-24(36)26-17)28(8-14)25(37)40-9-12-3-5-13(6-4-12)30(38)39/h3-6,10-11,14-18,31H,7-9H2,1-2H3,(H,34,35)(H2,26,27,32,36)/t10-,11-,14+,15+,16-,17?,18-/m1/s1. The van der Waals surface area contributed by atoms with Crippen molar-refractivity contribution < 1.29 is 43.8 Å². The molecule has 3 fully saturated rings. The number of nitrogens with zero attached hydrogens (tertiary/aromatic N) is 3. The number of hydrogen-bond acceptors (Lipinski definition) is 10. The summed E-state index contributed by atoms with van der Waals surface area (Å²) in [6.45, 7) is 3.12. The van der Waals surface area contributed by atoms with Crippen LogP contribution >= 0.6 is 11.8 Å². The molecule has 0 saturated carbocycles. The molecule has 4 N–H and O–H groups in total. The normalized spacial score (nSPS) is 29.6. The first-order valence-electron chi connectivity index (χ1n) is 12.8. The van der Waals surface area contributed by atoms with Crippen molar-refractivity contribution in [2.75, 3.05) is 6.54 Å². The number of carbonyl (C=O) groups is 5. The van der Waals surface area contributed by atoms with E-state index in [1.807, 2.05) is 0 Å². The van der Waals surface area contributed by atoms with Crippen LogP contribution in [0.2, 0.25) is 0 Å². The van der Waals surface area contributed by atoms with Crippen LogP contribution in [0.4, 0.5) is 15.3 Å². The van der Waals surface area contributed by atoms with Crippen molar-refractivity contribution in [1.82, 2.24) is 20.4 Å². The number of nitro groups is 1. The van der Waals surface area contributed by atoms with Gasteiger partial charge in [0.15, 0.2) is 0 Å². The molecular formula is C25H27N5O10S. The number of likely N-dealkylation sites (tertiary alicyclic amines) is 1. The number of rotatable bonds is 8. The number of hydrogen-bond donors (Lipinski definition) is 4. The van der Waals surface area contributed by atoms with Crippen molar-refractivity contribution in [2.24, 2.45) is 11.8 Å². The molecule has 5 amide bonds. The number of thioether (sulfide) groups is 1. The quantitative estimate of drug-likeness (QED) is 0.144. The highest BCUT2D eigenvalue weighted by Gasteiger charge is 2.60. The molecule has 0 aromatic heterocycles. The maximum Gasteiger partial charge on any atom is 0.410 e. The van der Waals surface area contributed by atoms with Crippen LogP contribution < -0.4 is 10.6 Å². The number of imide groups is 1. The molecule has 0 spiro atoms. The summed E-state index contributed by atoms with van der Waals surface area (Å²) in [4.78, 5) is 75.7. The second-order valence-electron chi connectivity index (χ2n) is 10.4. The van der Waals surface area contributed by atoms with E-state index in [2.05, 4.69) is 10.6 Å².